The molecular formula is C17H12F2N4O2S. The molecule has 2 aromatic carbocycles. The van der Waals surface area contributed by atoms with Crippen LogP contribution in [0.5, 0.6) is 0 Å². The average molecular weight is 374 g/mol. The van der Waals surface area contributed by atoms with Crippen LogP contribution in [0.4, 0.5) is 13.9 Å². The van der Waals surface area contributed by atoms with Crippen LogP contribution in [0.15, 0.2) is 48.5 Å². The molecule has 1 aromatic heterocycles. The van der Waals surface area contributed by atoms with Crippen LogP contribution in [-0.4, -0.2) is 28.6 Å². The molecule has 2 N–H and O–H groups in total. The highest BCUT2D eigenvalue weighted by Gasteiger charge is 2.14. The van der Waals surface area contributed by atoms with Crippen molar-refractivity contribution in [2.75, 3.05) is 11.9 Å². The van der Waals surface area contributed by atoms with E-state index in [1.807, 2.05) is 30.3 Å². The number of carbonyl (C=O) groups is 2. The normalized spacial score (nSPS) is 10.4. The second-order valence-corrected chi connectivity index (χ2v) is 6.11. The van der Waals surface area contributed by atoms with Gasteiger partial charge in [-0.3, -0.25) is 14.9 Å². The Labute approximate surface area is 150 Å². The van der Waals surface area contributed by atoms with Gasteiger partial charge in [-0.05, 0) is 12.1 Å². The molecule has 1 heterocycles. The highest BCUT2D eigenvalue weighted by atomic mass is 32.1. The van der Waals surface area contributed by atoms with Crippen LogP contribution in [0.3, 0.4) is 0 Å². The lowest BCUT2D eigenvalue weighted by Gasteiger charge is -2.05. The maximum absolute atomic E-state index is 13.5. The number of nitrogens with one attached hydrogen (secondary N) is 2. The number of anilines is 1. The summed E-state index contributed by atoms with van der Waals surface area (Å²) in [5.74, 6) is -3.15. The maximum atomic E-state index is 13.5. The lowest BCUT2D eigenvalue weighted by molar-refractivity contribution is -0.115. The lowest BCUT2D eigenvalue weighted by Crippen LogP contribution is -2.33. The minimum atomic E-state index is -1.00. The molecule has 2 amide bonds. The van der Waals surface area contributed by atoms with Gasteiger partial charge in [0.05, 0.1) is 12.1 Å². The van der Waals surface area contributed by atoms with Gasteiger partial charge in [0.1, 0.15) is 16.6 Å². The molecule has 0 aliphatic carbocycles. The third-order valence-corrected chi connectivity index (χ3v) is 4.17. The van der Waals surface area contributed by atoms with Crippen LogP contribution in [0.25, 0.3) is 10.6 Å². The molecule has 26 heavy (non-hydrogen) atoms. The van der Waals surface area contributed by atoms with Gasteiger partial charge < -0.3 is 5.32 Å². The number of amides is 2. The predicted molar refractivity (Wildman–Crippen MR) is 92.7 cm³/mol. The summed E-state index contributed by atoms with van der Waals surface area (Å²) in [6.07, 6.45) is 0. The van der Waals surface area contributed by atoms with Crippen LogP contribution >= 0.6 is 11.3 Å². The van der Waals surface area contributed by atoms with Gasteiger partial charge >= 0.3 is 0 Å². The number of nitrogens with zero attached hydrogens (tertiary/aromatic N) is 2. The van der Waals surface area contributed by atoms with Crippen molar-refractivity contribution in [2.45, 2.75) is 0 Å². The van der Waals surface area contributed by atoms with E-state index < -0.39 is 30.0 Å². The fourth-order valence-corrected chi connectivity index (χ4v) is 2.83. The monoisotopic (exact) mass is 374 g/mol. The molecule has 0 aliphatic rings. The Hall–Kier alpha value is -3.20. The van der Waals surface area contributed by atoms with E-state index in [0.29, 0.717) is 11.1 Å². The van der Waals surface area contributed by atoms with E-state index >= 15 is 0 Å². The minimum absolute atomic E-state index is 0.274. The zero-order chi connectivity index (χ0) is 18.5. The third-order valence-electron chi connectivity index (χ3n) is 3.28. The molecule has 0 saturated carbocycles. The van der Waals surface area contributed by atoms with Crippen LogP contribution < -0.4 is 10.6 Å². The van der Waals surface area contributed by atoms with Crippen molar-refractivity contribution in [1.29, 1.82) is 0 Å². The number of halogens is 2. The fraction of sp³-hybridized carbons (Fsp3) is 0.0588. The Balaban J connectivity index is 1.56. The molecule has 0 atom stereocenters. The molecule has 132 valence electrons. The van der Waals surface area contributed by atoms with Gasteiger partial charge in [-0.15, -0.1) is 10.2 Å². The summed E-state index contributed by atoms with van der Waals surface area (Å²) in [5, 5.41) is 13.5. The minimum Gasteiger partial charge on any atom is -0.343 e. The first-order chi connectivity index (χ1) is 12.5. The predicted octanol–water partition coefficient (Wildman–Crippen LogP) is 2.85. The molecule has 0 aliphatic heterocycles. The molecule has 0 unspecified atom stereocenters. The largest absolute Gasteiger partial charge is 0.343 e. The average Bonchev–Trinajstić information content (AvgIpc) is 3.09. The summed E-state index contributed by atoms with van der Waals surface area (Å²) in [5.41, 5.74) is 0.520. The van der Waals surface area contributed by atoms with E-state index in [9.17, 15) is 18.4 Å². The van der Waals surface area contributed by atoms with E-state index in [1.54, 1.807) is 0 Å². The van der Waals surface area contributed by atoms with Crippen LogP contribution in [0.2, 0.25) is 0 Å². The quantitative estimate of drug-likeness (QED) is 0.719. The summed E-state index contributed by atoms with van der Waals surface area (Å²) in [6.45, 7) is -0.393. The van der Waals surface area contributed by atoms with Gasteiger partial charge in [-0.1, -0.05) is 41.7 Å². The Morgan fingerprint density at radius 3 is 2.54 bits per heavy atom. The van der Waals surface area contributed by atoms with Gasteiger partial charge in [0.2, 0.25) is 11.0 Å². The summed E-state index contributed by atoms with van der Waals surface area (Å²) in [7, 11) is 0. The van der Waals surface area contributed by atoms with E-state index in [4.69, 9.17) is 0 Å². The Morgan fingerprint density at radius 2 is 1.81 bits per heavy atom. The van der Waals surface area contributed by atoms with Gasteiger partial charge in [0.25, 0.3) is 5.91 Å². The molecule has 0 bridgehead atoms. The second-order valence-electron chi connectivity index (χ2n) is 5.13. The van der Waals surface area contributed by atoms with Crippen molar-refractivity contribution < 1.29 is 18.4 Å². The molecule has 0 saturated heterocycles. The van der Waals surface area contributed by atoms with Crippen LogP contribution in [-0.2, 0) is 4.79 Å². The fourth-order valence-electron chi connectivity index (χ4n) is 2.06. The summed E-state index contributed by atoms with van der Waals surface area (Å²) in [4.78, 5) is 23.7. The lowest BCUT2D eigenvalue weighted by atomic mass is 10.2. The SMILES string of the molecule is O=C(CNC(=O)c1ccc(F)cc1F)Nc1nnc(-c2ccccc2)s1. The van der Waals surface area contributed by atoms with Crippen molar-refractivity contribution in [1.82, 2.24) is 15.5 Å². The molecule has 0 fully saturated rings. The summed E-state index contributed by atoms with van der Waals surface area (Å²) < 4.78 is 26.4. The molecular weight excluding hydrogens is 362 g/mol. The van der Waals surface area contributed by atoms with E-state index in [2.05, 4.69) is 20.8 Å². The number of rotatable bonds is 5. The summed E-state index contributed by atoms with van der Waals surface area (Å²) >= 11 is 1.18. The van der Waals surface area contributed by atoms with Crippen LogP contribution in [0, 0.1) is 11.6 Å². The first kappa shape index (κ1) is 17.6. The molecule has 9 heteroatoms. The Morgan fingerprint density at radius 1 is 1.04 bits per heavy atom. The highest BCUT2D eigenvalue weighted by Crippen LogP contribution is 2.25. The van der Waals surface area contributed by atoms with Gasteiger partial charge in [-0.25, -0.2) is 8.78 Å². The summed E-state index contributed by atoms with van der Waals surface area (Å²) in [6, 6.07) is 11.9. The van der Waals surface area contributed by atoms with E-state index in [0.717, 1.165) is 17.7 Å². The molecule has 3 aromatic rings. The first-order valence-corrected chi connectivity index (χ1v) is 8.26. The van der Waals surface area contributed by atoms with Crippen molar-refractivity contribution in [3.05, 3.63) is 65.7 Å². The van der Waals surface area contributed by atoms with Crippen molar-refractivity contribution in [3.63, 3.8) is 0 Å². The highest BCUT2D eigenvalue weighted by molar-refractivity contribution is 7.18. The van der Waals surface area contributed by atoms with Gasteiger partial charge in [-0.2, -0.15) is 0 Å². The molecule has 6 nitrogen and oxygen atoms in total. The van der Waals surface area contributed by atoms with E-state index in [1.165, 1.54) is 11.3 Å². The number of benzene rings is 2. The van der Waals surface area contributed by atoms with Crippen molar-refractivity contribution in [3.8, 4) is 10.6 Å². The van der Waals surface area contributed by atoms with Gasteiger partial charge in [0.15, 0.2) is 0 Å². The zero-order valence-electron chi connectivity index (χ0n) is 13.2. The standard InChI is InChI=1S/C17H12F2N4O2S/c18-11-6-7-12(13(19)8-11)15(25)20-9-14(24)21-17-23-22-16(26-17)10-4-2-1-3-5-10/h1-8H,9H2,(H,20,25)(H,21,23,24). The first-order valence-electron chi connectivity index (χ1n) is 7.45. The number of carbonyl (C=O) groups excluding carboxylic acids is 2. The smallest absolute Gasteiger partial charge is 0.254 e. The molecule has 0 radical (unpaired) electrons. The molecule has 0 spiro atoms. The maximum Gasteiger partial charge on any atom is 0.254 e. The van der Waals surface area contributed by atoms with Gasteiger partial charge in [0, 0.05) is 11.6 Å². The topological polar surface area (TPSA) is 84.0 Å². The second kappa shape index (κ2) is 7.79. The van der Waals surface area contributed by atoms with Crippen LogP contribution in [0.1, 0.15) is 10.4 Å². The number of aromatic nitrogens is 2. The van der Waals surface area contributed by atoms with Crippen molar-refractivity contribution >= 4 is 28.3 Å². The number of hydrogen-bond acceptors (Lipinski definition) is 5. The van der Waals surface area contributed by atoms with E-state index in [-0.39, 0.29) is 10.7 Å². The number of hydrogen-bond donors (Lipinski definition) is 2. The van der Waals surface area contributed by atoms with Crippen molar-refractivity contribution in [2.24, 2.45) is 0 Å². The Bertz CT molecular complexity index is 947. The Kier molecular flexibility index (Phi) is 5.28. The molecule has 3 rings (SSSR count). The third kappa shape index (κ3) is 4.25. The zero-order valence-corrected chi connectivity index (χ0v) is 14.0.